The Morgan fingerprint density at radius 3 is 1.56 bits per heavy atom. The van der Waals surface area contributed by atoms with Gasteiger partial charge in [0, 0.05) is 79.1 Å². The Morgan fingerprint density at radius 1 is 0.635 bits per heavy atom. The number of hydrogen-bond acceptors (Lipinski definition) is 8. The molecule has 8 rings (SSSR count). The number of likely N-dealkylation sites (N-methyl/N-ethyl adjacent to an activating group) is 1. The number of ether oxygens (including phenoxy) is 2. The predicted molar refractivity (Wildman–Crippen MR) is 203 cm³/mol. The van der Waals surface area contributed by atoms with Crippen molar-refractivity contribution in [3.05, 3.63) is 129 Å². The van der Waals surface area contributed by atoms with Crippen LogP contribution in [-0.4, -0.2) is 61.1 Å². The fourth-order valence-electron chi connectivity index (χ4n) is 7.11. The first-order valence-corrected chi connectivity index (χ1v) is 17.7. The minimum absolute atomic E-state index is 0.0439. The number of aryl methyl sites for hydroxylation is 2. The quantitative estimate of drug-likeness (QED) is 0.164. The highest BCUT2D eigenvalue weighted by Crippen LogP contribution is 2.33. The molecule has 2 aromatic heterocycles. The molecule has 0 aliphatic carbocycles. The van der Waals surface area contributed by atoms with E-state index >= 15 is 0 Å². The molecule has 6 aromatic rings. The molecule has 2 saturated heterocycles. The van der Waals surface area contributed by atoms with Crippen LogP contribution in [0.3, 0.4) is 0 Å². The van der Waals surface area contributed by atoms with Gasteiger partial charge < -0.3 is 28.1 Å². The summed E-state index contributed by atoms with van der Waals surface area (Å²) in [5, 5.41) is 1.79. The molecule has 0 bridgehead atoms. The van der Waals surface area contributed by atoms with Crippen molar-refractivity contribution in [2.45, 2.75) is 45.8 Å². The van der Waals surface area contributed by atoms with Crippen LogP contribution in [0.5, 0.6) is 11.5 Å². The lowest BCUT2D eigenvalue weighted by Gasteiger charge is -2.16. The second kappa shape index (κ2) is 14.9. The van der Waals surface area contributed by atoms with Crippen LogP contribution in [-0.2, 0) is 4.79 Å². The highest BCUT2D eigenvalue weighted by atomic mass is 16.5. The normalized spacial score (nSPS) is 17.3. The summed E-state index contributed by atoms with van der Waals surface area (Å²) < 4.78 is 22.9. The number of amides is 1. The Labute approximate surface area is 302 Å². The summed E-state index contributed by atoms with van der Waals surface area (Å²) in [5.41, 5.74) is 6.37. The smallest absolute Gasteiger partial charge is 0.336 e. The monoisotopic (exact) mass is 698 g/mol. The third kappa shape index (κ3) is 7.65. The molecular formula is C43H42N2O7. The second-order valence-corrected chi connectivity index (χ2v) is 13.7. The van der Waals surface area contributed by atoms with Crippen molar-refractivity contribution in [1.29, 1.82) is 0 Å². The molecule has 2 atom stereocenters. The lowest BCUT2D eigenvalue weighted by Crippen LogP contribution is -2.28. The van der Waals surface area contributed by atoms with Crippen LogP contribution < -0.4 is 20.7 Å². The fourth-order valence-corrected chi connectivity index (χ4v) is 7.11. The third-order valence-electron chi connectivity index (χ3n) is 9.85. The lowest BCUT2D eigenvalue weighted by molar-refractivity contribution is -0.128. The summed E-state index contributed by atoms with van der Waals surface area (Å²) in [6.07, 6.45) is 1.96. The van der Waals surface area contributed by atoms with Gasteiger partial charge in [0.25, 0.3) is 0 Å². The Balaban J connectivity index is 0.000000162. The van der Waals surface area contributed by atoms with Crippen LogP contribution in [0.15, 0.2) is 115 Å². The number of carbonyl (C=O) groups is 1. The number of hydrogen-bond donors (Lipinski definition) is 0. The first-order chi connectivity index (χ1) is 25.1. The van der Waals surface area contributed by atoms with Gasteiger partial charge in [0.15, 0.2) is 0 Å². The SMILES string of the molecule is CC(=O)N1CC[C@@H](Oc2ccc3c(-c4ccccc4C)cc(=O)oc3c2)C1.Cc1ccccc1-c1cc(=O)oc2cc(O[C@H]3CCN(C)C3)ccc12. The van der Waals surface area contributed by atoms with Crippen LogP contribution >= 0.6 is 0 Å². The summed E-state index contributed by atoms with van der Waals surface area (Å²) in [4.78, 5) is 39.7. The van der Waals surface area contributed by atoms with Crippen molar-refractivity contribution >= 4 is 27.8 Å². The Hall–Kier alpha value is -5.67. The Kier molecular flexibility index (Phi) is 9.96. The number of benzene rings is 4. The predicted octanol–water partition coefficient (Wildman–Crippen LogP) is 7.62. The molecule has 9 nitrogen and oxygen atoms in total. The summed E-state index contributed by atoms with van der Waals surface area (Å²) in [6, 6.07) is 30.5. The summed E-state index contributed by atoms with van der Waals surface area (Å²) in [7, 11) is 2.09. The Bertz CT molecular complexity index is 2380. The maximum atomic E-state index is 12.1. The van der Waals surface area contributed by atoms with E-state index in [1.807, 2.05) is 92.7 Å². The van der Waals surface area contributed by atoms with Gasteiger partial charge in [-0.15, -0.1) is 0 Å². The molecule has 0 saturated carbocycles. The van der Waals surface area contributed by atoms with E-state index in [9.17, 15) is 14.4 Å². The van der Waals surface area contributed by atoms with Gasteiger partial charge >= 0.3 is 11.3 Å². The molecule has 266 valence electrons. The fraction of sp³-hybridized carbons (Fsp3) is 0.279. The zero-order valence-corrected chi connectivity index (χ0v) is 29.9. The zero-order valence-electron chi connectivity index (χ0n) is 29.9. The van der Waals surface area contributed by atoms with Crippen LogP contribution in [0.1, 0.15) is 30.9 Å². The van der Waals surface area contributed by atoms with Crippen LogP contribution in [0.4, 0.5) is 0 Å². The minimum Gasteiger partial charge on any atom is -0.489 e. The molecule has 9 heteroatoms. The van der Waals surface area contributed by atoms with Gasteiger partial charge in [0.1, 0.15) is 34.9 Å². The molecule has 2 fully saturated rings. The van der Waals surface area contributed by atoms with Gasteiger partial charge in [-0.25, -0.2) is 9.59 Å². The molecule has 2 aliphatic heterocycles. The molecule has 4 aromatic carbocycles. The van der Waals surface area contributed by atoms with Crippen LogP contribution in [0.25, 0.3) is 44.2 Å². The largest absolute Gasteiger partial charge is 0.489 e. The minimum atomic E-state index is -0.387. The van der Waals surface area contributed by atoms with Crippen molar-refractivity contribution in [3.8, 4) is 33.8 Å². The van der Waals surface area contributed by atoms with E-state index in [0.717, 1.165) is 75.8 Å². The van der Waals surface area contributed by atoms with Gasteiger partial charge in [0.05, 0.1) is 6.54 Å². The van der Waals surface area contributed by atoms with Crippen molar-refractivity contribution in [2.24, 2.45) is 0 Å². The van der Waals surface area contributed by atoms with E-state index in [1.54, 1.807) is 24.0 Å². The van der Waals surface area contributed by atoms with Crippen molar-refractivity contribution in [2.75, 3.05) is 33.2 Å². The second-order valence-electron chi connectivity index (χ2n) is 13.7. The third-order valence-corrected chi connectivity index (χ3v) is 9.85. The van der Waals surface area contributed by atoms with Crippen molar-refractivity contribution < 1.29 is 23.1 Å². The maximum Gasteiger partial charge on any atom is 0.336 e. The van der Waals surface area contributed by atoms with E-state index in [1.165, 1.54) is 6.07 Å². The summed E-state index contributed by atoms with van der Waals surface area (Å²) >= 11 is 0. The maximum absolute atomic E-state index is 12.1. The van der Waals surface area contributed by atoms with Crippen molar-refractivity contribution in [3.63, 3.8) is 0 Å². The highest BCUT2D eigenvalue weighted by Gasteiger charge is 2.26. The van der Waals surface area contributed by atoms with E-state index in [2.05, 4.69) is 11.9 Å². The zero-order chi connectivity index (χ0) is 36.4. The van der Waals surface area contributed by atoms with Gasteiger partial charge in [-0.05, 0) is 73.8 Å². The molecule has 0 spiro atoms. The highest BCUT2D eigenvalue weighted by molar-refractivity contribution is 5.95. The summed E-state index contributed by atoms with van der Waals surface area (Å²) in [5.74, 6) is 1.45. The van der Waals surface area contributed by atoms with Gasteiger partial charge in [-0.2, -0.15) is 0 Å². The molecule has 52 heavy (non-hydrogen) atoms. The topological polar surface area (TPSA) is 102 Å². The molecule has 0 radical (unpaired) electrons. The van der Waals surface area contributed by atoms with E-state index in [-0.39, 0.29) is 29.4 Å². The van der Waals surface area contributed by atoms with Gasteiger partial charge in [-0.1, -0.05) is 48.5 Å². The van der Waals surface area contributed by atoms with E-state index in [0.29, 0.717) is 30.0 Å². The molecule has 0 unspecified atom stereocenters. The molecule has 0 N–H and O–H groups in total. The number of carbonyl (C=O) groups excluding carboxylic acids is 1. The van der Waals surface area contributed by atoms with Gasteiger partial charge in [-0.3, -0.25) is 4.79 Å². The standard InChI is InChI=1S/C22H21NO4.C21H21NO3/c1-14-5-3-4-6-18(14)20-12-22(25)27-21-11-16(7-8-19(20)21)26-17-9-10-23(13-17)15(2)24;1-14-5-3-4-6-17(14)19-12-21(23)25-20-11-15(7-8-18(19)20)24-16-9-10-22(2)13-16/h3-8,11-12,17H,9-10,13H2,1-2H3;3-8,11-12,16H,9-10,13H2,1-2H3/t17-;16-/m10/s1. The first-order valence-electron chi connectivity index (χ1n) is 17.7. The number of rotatable bonds is 6. The molecule has 4 heterocycles. The van der Waals surface area contributed by atoms with Crippen LogP contribution in [0.2, 0.25) is 0 Å². The molecular weight excluding hydrogens is 656 g/mol. The average Bonchev–Trinajstić information content (AvgIpc) is 3.76. The summed E-state index contributed by atoms with van der Waals surface area (Å²) in [6.45, 7) is 8.90. The number of likely N-dealkylation sites (tertiary alicyclic amines) is 2. The average molecular weight is 699 g/mol. The first kappa shape index (κ1) is 34.8. The molecule has 1 amide bonds. The molecule has 2 aliphatic rings. The Morgan fingerprint density at radius 2 is 1.12 bits per heavy atom. The number of nitrogens with zero attached hydrogens (tertiary/aromatic N) is 2. The number of fused-ring (bicyclic) bond motifs is 2. The lowest BCUT2D eigenvalue weighted by atomic mass is 9.98. The van der Waals surface area contributed by atoms with E-state index in [4.69, 9.17) is 18.3 Å². The van der Waals surface area contributed by atoms with Gasteiger partial charge in [0.2, 0.25) is 5.91 Å². The van der Waals surface area contributed by atoms with Crippen LogP contribution in [0, 0.1) is 13.8 Å². The van der Waals surface area contributed by atoms with Crippen molar-refractivity contribution in [1.82, 2.24) is 9.80 Å². The van der Waals surface area contributed by atoms with E-state index < -0.39 is 0 Å².